The molecule has 1 aromatic carbocycles. The Morgan fingerprint density at radius 2 is 2.00 bits per heavy atom. The van der Waals surface area contributed by atoms with Gasteiger partial charge in [0.1, 0.15) is 0 Å². The Morgan fingerprint density at radius 1 is 1.35 bits per heavy atom. The molecule has 0 bridgehead atoms. The van der Waals surface area contributed by atoms with E-state index in [0.717, 1.165) is 37.2 Å². The Hall–Kier alpha value is 0.0200. The zero-order valence-electron chi connectivity index (χ0n) is 13.4. The van der Waals surface area contributed by atoms with Crippen molar-refractivity contribution in [2.75, 3.05) is 25.9 Å². The molecule has 0 atom stereocenters. The molecule has 0 aromatic heterocycles. The monoisotopic (exact) mass is 398 g/mol. The van der Waals surface area contributed by atoms with E-state index in [0.29, 0.717) is 16.5 Å². The van der Waals surface area contributed by atoms with Gasteiger partial charge in [0.05, 0.1) is 9.92 Å². The summed E-state index contributed by atoms with van der Waals surface area (Å²) in [6, 6.07) is 5.10. The number of sulfonamides is 1. The van der Waals surface area contributed by atoms with Crippen molar-refractivity contribution in [2.45, 2.75) is 42.0 Å². The summed E-state index contributed by atoms with van der Waals surface area (Å²) in [5, 5.41) is 3.78. The van der Waals surface area contributed by atoms with Gasteiger partial charge in [0, 0.05) is 17.5 Å². The van der Waals surface area contributed by atoms with Gasteiger partial charge in [-0.15, -0.1) is 24.2 Å². The molecule has 0 saturated carbocycles. The van der Waals surface area contributed by atoms with Crippen LogP contribution in [0.25, 0.3) is 0 Å². The molecule has 8 heteroatoms. The van der Waals surface area contributed by atoms with Crippen LogP contribution in [0.2, 0.25) is 5.02 Å². The van der Waals surface area contributed by atoms with Gasteiger partial charge < -0.3 is 5.32 Å². The van der Waals surface area contributed by atoms with E-state index in [9.17, 15) is 8.42 Å². The highest BCUT2D eigenvalue weighted by Crippen LogP contribution is 2.30. The SMILES string of the molecule is CCCN(C1CCNCC1)S(=O)(=O)c1ccc(SC)c(Cl)c1.Cl. The maximum Gasteiger partial charge on any atom is 0.243 e. The Labute approximate surface area is 154 Å². The molecular weight excluding hydrogens is 375 g/mol. The van der Waals surface area contributed by atoms with E-state index in [1.165, 1.54) is 11.8 Å². The van der Waals surface area contributed by atoms with Crippen LogP contribution < -0.4 is 5.32 Å². The average molecular weight is 399 g/mol. The highest BCUT2D eigenvalue weighted by molar-refractivity contribution is 7.98. The first-order valence-electron chi connectivity index (χ1n) is 7.56. The zero-order valence-corrected chi connectivity index (χ0v) is 16.6. The lowest BCUT2D eigenvalue weighted by atomic mass is 10.1. The minimum absolute atomic E-state index is 0. The Morgan fingerprint density at radius 3 is 2.52 bits per heavy atom. The number of rotatable bonds is 6. The van der Waals surface area contributed by atoms with Crippen LogP contribution in [-0.2, 0) is 10.0 Å². The topological polar surface area (TPSA) is 49.4 Å². The summed E-state index contributed by atoms with van der Waals surface area (Å²) in [6.45, 7) is 4.29. The second-order valence-corrected chi connectivity index (χ2v) is 8.54. The molecule has 1 saturated heterocycles. The van der Waals surface area contributed by atoms with Gasteiger partial charge in [0.25, 0.3) is 0 Å². The van der Waals surface area contributed by atoms with Gasteiger partial charge in [-0.1, -0.05) is 18.5 Å². The molecule has 1 fully saturated rings. The molecule has 23 heavy (non-hydrogen) atoms. The largest absolute Gasteiger partial charge is 0.317 e. The molecule has 0 spiro atoms. The summed E-state index contributed by atoms with van der Waals surface area (Å²) in [5.74, 6) is 0. The first-order chi connectivity index (χ1) is 10.5. The third kappa shape index (κ3) is 5.00. The maximum atomic E-state index is 13.0. The van der Waals surface area contributed by atoms with Crippen molar-refractivity contribution in [1.29, 1.82) is 0 Å². The number of halogens is 2. The third-order valence-electron chi connectivity index (χ3n) is 3.89. The van der Waals surface area contributed by atoms with Crippen LogP contribution in [0.1, 0.15) is 26.2 Å². The van der Waals surface area contributed by atoms with Gasteiger partial charge in [-0.3, -0.25) is 0 Å². The number of nitrogens with one attached hydrogen (secondary N) is 1. The number of benzene rings is 1. The third-order valence-corrected chi connectivity index (χ3v) is 7.06. The summed E-state index contributed by atoms with van der Waals surface area (Å²) < 4.78 is 27.7. The van der Waals surface area contributed by atoms with Crippen LogP contribution in [-0.4, -0.2) is 44.7 Å². The summed E-state index contributed by atoms with van der Waals surface area (Å²) in [4.78, 5) is 1.19. The fourth-order valence-corrected chi connectivity index (χ4v) is 5.50. The lowest BCUT2D eigenvalue weighted by molar-refractivity contribution is 0.262. The van der Waals surface area contributed by atoms with E-state index in [2.05, 4.69) is 5.32 Å². The van der Waals surface area contributed by atoms with Crippen LogP contribution in [0.5, 0.6) is 0 Å². The number of nitrogens with zero attached hydrogens (tertiary/aromatic N) is 1. The molecule has 1 heterocycles. The van der Waals surface area contributed by atoms with E-state index in [1.54, 1.807) is 22.5 Å². The molecule has 1 aromatic rings. The van der Waals surface area contributed by atoms with Crippen LogP contribution in [0.15, 0.2) is 28.0 Å². The summed E-state index contributed by atoms with van der Waals surface area (Å²) in [5.41, 5.74) is 0. The number of thioether (sulfide) groups is 1. The number of piperidine rings is 1. The van der Waals surface area contributed by atoms with Crippen molar-refractivity contribution in [3.05, 3.63) is 23.2 Å². The summed E-state index contributed by atoms with van der Waals surface area (Å²) in [7, 11) is -3.50. The molecule has 0 amide bonds. The first-order valence-corrected chi connectivity index (χ1v) is 10.6. The molecule has 1 N–H and O–H groups in total. The van der Waals surface area contributed by atoms with E-state index in [-0.39, 0.29) is 18.4 Å². The molecule has 0 aliphatic carbocycles. The van der Waals surface area contributed by atoms with Gasteiger partial charge in [-0.2, -0.15) is 4.31 Å². The van der Waals surface area contributed by atoms with Crippen molar-refractivity contribution in [3.8, 4) is 0 Å². The predicted octanol–water partition coefficient (Wildman–Crippen LogP) is 3.64. The summed E-state index contributed by atoms with van der Waals surface area (Å²) >= 11 is 7.70. The molecule has 132 valence electrons. The van der Waals surface area contributed by atoms with Gasteiger partial charge in [0.15, 0.2) is 0 Å². The smallest absolute Gasteiger partial charge is 0.243 e. The molecule has 2 rings (SSSR count). The minimum atomic E-state index is -3.50. The lowest BCUT2D eigenvalue weighted by Crippen LogP contribution is -2.46. The number of hydrogen-bond acceptors (Lipinski definition) is 4. The van der Waals surface area contributed by atoms with E-state index < -0.39 is 10.0 Å². The summed E-state index contributed by atoms with van der Waals surface area (Å²) in [6.07, 6.45) is 4.44. The van der Waals surface area contributed by atoms with E-state index in [4.69, 9.17) is 11.6 Å². The second-order valence-electron chi connectivity index (χ2n) is 5.39. The molecule has 0 radical (unpaired) electrons. The van der Waals surface area contributed by atoms with Crippen molar-refractivity contribution in [3.63, 3.8) is 0 Å². The Bertz CT molecular complexity index is 605. The highest BCUT2D eigenvalue weighted by Gasteiger charge is 2.31. The molecule has 1 aliphatic heterocycles. The van der Waals surface area contributed by atoms with Gasteiger partial charge in [-0.25, -0.2) is 8.42 Å². The van der Waals surface area contributed by atoms with Crippen molar-refractivity contribution in [1.82, 2.24) is 9.62 Å². The first kappa shape index (κ1) is 21.1. The van der Waals surface area contributed by atoms with Crippen molar-refractivity contribution in [2.24, 2.45) is 0 Å². The molecular formula is C15H24Cl2N2O2S2. The second kappa shape index (κ2) is 9.49. The fourth-order valence-electron chi connectivity index (χ4n) is 2.76. The minimum Gasteiger partial charge on any atom is -0.317 e. The zero-order chi connectivity index (χ0) is 16.2. The number of hydrogen-bond donors (Lipinski definition) is 1. The Balaban J connectivity index is 0.00000264. The molecule has 1 aliphatic rings. The van der Waals surface area contributed by atoms with Gasteiger partial charge in [-0.05, 0) is 56.8 Å². The van der Waals surface area contributed by atoms with Crippen LogP contribution in [0.3, 0.4) is 0 Å². The van der Waals surface area contributed by atoms with Gasteiger partial charge in [0.2, 0.25) is 10.0 Å². The highest BCUT2D eigenvalue weighted by atomic mass is 35.5. The maximum absolute atomic E-state index is 13.0. The predicted molar refractivity (Wildman–Crippen MR) is 101 cm³/mol. The Kier molecular flexibility index (Phi) is 8.69. The quantitative estimate of drug-likeness (QED) is 0.743. The molecule has 4 nitrogen and oxygen atoms in total. The van der Waals surface area contributed by atoms with E-state index >= 15 is 0 Å². The standard InChI is InChI=1S/C15H23ClN2O2S2.ClH/c1-3-10-18(12-6-8-17-9-7-12)22(19,20)13-4-5-15(21-2)14(16)11-13;/h4-5,11-12,17H,3,6-10H2,1-2H3;1H. The average Bonchev–Trinajstić information content (AvgIpc) is 2.53. The van der Waals surface area contributed by atoms with Gasteiger partial charge >= 0.3 is 0 Å². The molecule has 0 unspecified atom stereocenters. The fraction of sp³-hybridized carbons (Fsp3) is 0.600. The van der Waals surface area contributed by atoms with Crippen LogP contribution in [0.4, 0.5) is 0 Å². The normalized spacial score (nSPS) is 16.3. The van der Waals surface area contributed by atoms with Crippen molar-refractivity contribution >= 4 is 45.8 Å². The van der Waals surface area contributed by atoms with Crippen molar-refractivity contribution < 1.29 is 8.42 Å². The van der Waals surface area contributed by atoms with Crippen LogP contribution in [0, 0.1) is 0 Å². The van der Waals surface area contributed by atoms with Crippen LogP contribution >= 0.6 is 35.8 Å². The van der Waals surface area contributed by atoms with E-state index in [1.807, 2.05) is 13.2 Å². The lowest BCUT2D eigenvalue weighted by Gasteiger charge is -2.33.